The summed E-state index contributed by atoms with van der Waals surface area (Å²) in [7, 11) is 2.03. The second kappa shape index (κ2) is 6.67. The number of pyridine rings is 1. The van der Waals surface area contributed by atoms with Crippen LogP contribution in [-0.4, -0.2) is 46.3 Å². The van der Waals surface area contributed by atoms with Crippen molar-refractivity contribution in [1.82, 2.24) is 25.5 Å². The summed E-state index contributed by atoms with van der Waals surface area (Å²) < 4.78 is 0. The van der Waals surface area contributed by atoms with E-state index in [1.165, 1.54) is 5.56 Å². The van der Waals surface area contributed by atoms with Crippen LogP contribution < -0.4 is 10.2 Å². The quantitative estimate of drug-likeness (QED) is 0.863. The number of hydrogen-bond acceptors (Lipinski definition) is 5. The van der Waals surface area contributed by atoms with E-state index in [9.17, 15) is 0 Å². The first kappa shape index (κ1) is 14.0. The van der Waals surface area contributed by atoms with Gasteiger partial charge >= 0.3 is 0 Å². The standard InChI is InChI=1S/C15H22N6/c1-16-13-6-9-21(10-7-13)15-18-14(19-20-15)5-4-12-3-2-8-17-11-12/h2-3,8,11,13,16H,4-7,9-10H2,1H3,(H,18,19,20). The van der Waals surface area contributed by atoms with Crippen molar-refractivity contribution in [3.8, 4) is 0 Å². The van der Waals surface area contributed by atoms with Crippen LogP contribution in [0.15, 0.2) is 24.5 Å². The Bertz CT molecular complexity index is 544. The van der Waals surface area contributed by atoms with Gasteiger partial charge in [0.1, 0.15) is 5.82 Å². The Balaban J connectivity index is 1.54. The van der Waals surface area contributed by atoms with Gasteiger partial charge in [-0.1, -0.05) is 6.07 Å². The highest BCUT2D eigenvalue weighted by atomic mass is 15.4. The van der Waals surface area contributed by atoms with Crippen LogP contribution in [0.1, 0.15) is 24.2 Å². The molecule has 0 amide bonds. The van der Waals surface area contributed by atoms with Gasteiger partial charge in [0, 0.05) is 37.9 Å². The second-order valence-corrected chi connectivity index (χ2v) is 5.49. The van der Waals surface area contributed by atoms with Crippen molar-refractivity contribution in [3.63, 3.8) is 0 Å². The molecule has 6 nitrogen and oxygen atoms in total. The summed E-state index contributed by atoms with van der Waals surface area (Å²) in [4.78, 5) is 11.0. The highest BCUT2D eigenvalue weighted by Crippen LogP contribution is 2.16. The summed E-state index contributed by atoms with van der Waals surface area (Å²) in [6.07, 6.45) is 7.80. The molecule has 0 aliphatic carbocycles. The predicted molar refractivity (Wildman–Crippen MR) is 82.3 cm³/mol. The Morgan fingerprint density at radius 2 is 2.19 bits per heavy atom. The molecule has 1 saturated heterocycles. The third-order valence-corrected chi connectivity index (χ3v) is 4.08. The molecule has 0 unspecified atom stereocenters. The van der Waals surface area contributed by atoms with Crippen LogP contribution in [0, 0.1) is 0 Å². The molecule has 0 radical (unpaired) electrons. The van der Waals surface area contributed by atoms with Gasteiger partial charge in [-0.25, -0.2) is 0 Å². The molecule has 3 rings (SSSR count). The fourth-order valence-electron chi connectivity index (χ4n) is 2.72. The number of aryl methyl sites for hydroxylation is 2. The van der Waals surface area contributed by atoms with E-state index in [1.54, 1.807) is 6.20 Å². The normalized spacial score (nSPS) is 16.3. The van der Waals surface area contributed by atoms with Crippen molar-refractivity contribution in [2.75, 3.05) is 25.0 Å². The summed E-state index contributed by atoms with van der Waals surface area (Å²) in [6.45, 7) is 2.04. The first-order chi connectivity index (χ1) is 10.3. The molecule has 6 heteroatoms. The SMILES string of the molecule is CNC1CCN(c2n[nH]c(CCc3cccnc3)n2)CC1. The molecule has 1 fully saturated rings. The zero-order valence-electron chi connectivity index (χ0n) is 12.4. The van der Waals surface area contributed by atoms with Gasteiger partial charge in [-0.2, -0.15) is 4.98 Å². The number of aromatic nitrogens is 4. The number of hydrogen-bond donors (Lipinski definition) is 2. The Morgan fingerprint density at radius 3 is 2.90 bits per heavy atom. The molecule has 3 heterocycles. The summed E-state index contributed by atoms with van der Waals surface area (Å²) in [5, 5.41) is 10.8. The van der Waals surface area contributed by atoms with E-state index < -0.39 is 0 Å². The first-order valence-corrected chi connectivity index (χ1v) is 7.57. The van der Waals surface area contributed by atoms with Crippen molar-refractivity contribution < 1.29 is 0 Å². The maximum absolute atomic E-state index is 4.62. The van der Waals surface area contributed by atoms with Crippen molar-refractivity contribution in [3.05, 3.63) is 35.9 Å². The van der Waals surface area contributed by atoms with E-state index in [1.807, 2.05) is 19.3 Å². The van der Waals surface area contributed by atoms with E-state index in [0.717, 1.165) is 50.5 Å². The maximum Gasteiger partial charge on any atom is 0.244 e. The van der Waals surface area contributed by atoms with Gasteiger partial charge < -0.3 is 10.2 Å². The highest BCUT2D eigenvalue weighted by molar-refractivity contribution is 5.29. The van der Waals surface area contributed by atoms with Gasteiger partial charge in [0.15, 0.2) is 0 Å². The molecular formula is C15H22N6. The molecule has 2 N–H and O–H groups in total. The van der Waals surface area contributed by atoms with E-state index in [0.29, 0.717) is 6.04 Å². The van der Waals surface area contributed by atoms with Crippen LogP contribution in [0.5, 0.6) is 0 Å². The first-order valence-electron chi connectivity index (χ1n) is 7.57. The second-order valence-electron chi connectivity index (χ2n) is 5.49. The van der Waals surface area contributed by atoms with Crippen molar-refractivity contribution in [1.29, 1.82) is 0 Å². The number of anilines is 1. The van der Waals surface area contributed by atoms with E-state index in [-0.39, 0.29) is 0 Å². The van der Waals surface area contributed by atoms with Gasteiger partial charge in [0.2, 0.25) is 5.95 Å². The summed E-state index contributed by atoms with van der Waals surface area (Å²) >= 11 is 0. The topological polar surface area (TPSA) is 69.7 Å². The molecule has 112 valence electrons. The Kier molecular flexibility index (Phi) is 4.45. The lowest BCUT2D eigenvalue weighted by Gasteiger charge is -2.30. The van der Waals surface area contributed by atoms with Crippen molar-refractivity contribution in [2.24, 2.45) is 0 Å². The minimum atomic E-state index is 0.630. The zero-order valence-corrected chi connectivity index (χ0v) is 12.4. The molecular weight excluding hydrogens is 264 g/mol. The number of nitrogens with zero attached hydrogens (tertiary/aromatic N) is 4. The molecule has 0 aromatic carbocycles. The van der Waals surface area contributed by atoms with Crippen LogP contribution in [0.3, 0.4) is 0 Å². The Labute approximate surface area is 125 Å². The lowest BCUT2D eigenvalue weighted by atomic mass is 10.1. The maximum atomic E-state index is 4.62. The van der Waals surface area contributed by atoms with Crippen molar-refractivity contribution >= 4 is 5.95 Å². The average molecular weight is 286 g/mol. The fourth-order valence-corrected chi connectivity index (χ4v) is 2.72. The lowest BCUT2D eigenvalue weighted by Crippen LogP contribution is -2.41. The van der Waals surface area contributed by atoms with Crippen LogP contribution in [-0.2, 0) is 12.8 Å². The molecule has 0 bridgehead atoms. The van der Waals surface area contributed by atoms with E-state index in [2.05, 4.69) is 36.4 Å². The summed E-state index contributed by atoms with van der Waals surface area (Å²) in [6, 6.07) is 4.69. The minimum Gasteiger partial charge on any atom is -0.339 e. The molecule has 21 heavy (non-hydrogen) atoms. The van der Waals surface area contributed by atoms with Gasteiger partial charge in [-0.05, 0) is 37.9 Å². The summed E-state index contributed by atoms with van der Waals surface area (Å²) in [5.74, 6) is 1.79. The number of rotatable bonds is 5. The third-order valence-electron chi connectivity index (χ3n) is 4.08. The van der Waals surface area contributed by atoms with Crippen molar-refractivity contribution in [2.45, 2.75) is 31.7 Å². The van der Waals surface area contributed by atoms with E-state index >= 15 is 0 Å². The van der Waals surface area contributed by atoms with E-state index in [4.69, 9.17) is 0 Å². The van der Waals surface area contributed by atoms with Gasteiger partial charge in [-0.15, -0.1) is 5.10 Å². The number of nitrogens with one attached hydrogen (secondary N) is 2. The van der Waals surface area contributed by atoms with Gasteiger partial charge in [0.25, 0.3) is 0 Å². The lowest BCUT2D eigenvalue weighted by molar-refractivity contribution is 0.439. The van der Waals surface area contributed by atoms with Gasteiger partial charge in [0.05, 0.1) is 0 Å². The number of aromatic amines is 1. The molecule has 1 aliphatic heterocycles. The molecule has 2 aromatic heterocycles. The van der Waals surface area contributed by atoms with Gasteiger partial charge in [-0.3, -0.25) is 10.1 Å². The third kappa shape index (κ3) is 3.58. The molecule has 2 aromatic rings. The highest BCUT2D eigenvalue weighted by Gasteiger charge is 2.20. The smallest absolute Gasteiger partial charge is 0.244 e. The molecule has 1 aliphatic rings. The monoisotopic (exact) mass is 286 g/mol. The van der Waals surface area contributed by atoms with Crippen LogP contribution >= 0.6 is 0 Å². The molecule has 0 atom stereocenters. The minimum absolute atomic E-state index is 0.630. The zero-order chi connectivity index (χ0) is 14.5. The predicted octanol–water partition coefficient (Wildman–Crippen LogP) is 1.17. The summed E-state index contributed by atoms with van der Waals surface area (Å²) in [5.41, 5.74) is 1.23. The van der Waals surface area contributed by atoms with Crippen LogP contribution in [0.25, 0.3) is 0 Å². The van der Waals surface area contributed by atoms with Crippen LogP contribution in [0.2, 0.25) is 0 Å². The fraction of sp³-hybridized carbons (Fsp3) is 0.533. The number of piperidine rings is 1. The number of H-pyrrole nitrogens is 1. The largest absolute Gasteiger partial charge is 0.339 e. The molecule has 0 saturated carbocycles. The Morgan fingerprint density at radius 1 is 1.33 bits per heavy atom. The Hall–Kier alpha value is -1.95. The molecule has 0 spiro atoms. The van der Waals surface area contributed by atoms with Crippen LogP contribution in [0.4, 0.5) is 5.95 Å². The average Bonchev–Trinajstić information content (AvgIpc) is 3.03.